The highest BCUT2D eigenvalue weighted by molar-refractivity contribution is 5.85. The molecular weight excluding hydrogens is 375 g/mol. The SMILES string of the molecule is CC1CCC(C)N1CCN1CCN(C(=O)[C@@H]2CC[C@H](CN)O2)CC1.Cl.Cl. The Balaban J connectivity index is 0.00000169. The van der Waals surface area contributed by atoms with E-state index in [0.29, 0.717) is 6.54 Å². The lowest BCUT2D eigenvalue weighted by atomic mass is 10.1. The number of nitrogens with two attached hydrogens (primary N) is 1. The summed E-state index contributed by atoms with van der Waals surface area (Å²) in [7, 11) is 0. The molecule has 2 N–H and O–H groups in total. The van der Waals surface area contributed by atoms with Crippen molar-refractivity contribution in [2.24, 2.45) is 5.73 Å². The van der Waals surface area contributed by atoms with Crippen LogP contribution >= 0.6 is 24.8 Å². The molecule has 154 valence electrons. The van der Waals surface area contributed by atoms with Crippen LogP contribution in [0.1, 0.15) is 39.5 Å². The van der Waals surface area contributed by atoms with Crippen molar-refractivity contribution in [1.29, 1.82) is 0 Å². The summed E-state index contributed by atoms with van der Waals surface area (Å²) >= 11 is 0. The third-order valence-corrected chi connectivity index (χ3v) is 6.14. The fourth-order valence-corrected chi connectivity index (χ4v) is 4.40. The highest BCUT2D eigenvalue weighted by Crippen LogP contribution is 2.23. The van der Waals surface area contributed by atoms with E-state index < -0.39 is 0 Å². The summed E-state index contributed by atoms with van der Waals surface area (Å²) in [6.45, 7) is 11.1. The van der Waals surface area contributed by atoms with Crippen molar-refractivity contribution in [2.45, 2.75) is 63.8 Å². The molecule has 0 saturated carbocycles. The number of amides is 1. The zero-order valence-corrected chi connectivity index (χ0v) is 17.8. The first-order chi connectivity index (χ1) is 11.6. The molecular formula is C18H36Cl2N4O2. The highest BCUT2D eigenvalue weighted by atomic mass is 35.5. The zero-order valence-electron chi connectivity index (χ0n) is 16.1. The standard InChI is InChI=1S/C18H34N4O2.2ClH/c1-14-3-4-15(2)22(14)12-9-20-7-10-21(11-8-20)18(23)17-6-5-16(13-19)24-17;;/h14-17H,3-13,19H2,1-2H3;2*1H/t14?,15?,16-,17+;;/m1../s1. The zero-order chi connectivity index (χ0) is 17.1. The van der Waals surface area contributed by atoms with Crippen molar-refractivity contribution in [1.82, 2.24) is 14.7 Å². The van der Waals surface area contributed by atoms with Crippen molar-refractivity contribution in [3.05, 3.63) is 0 Å². The predicted molar refractivity (Wildman–Crippen MR) is 109 cm³/mol. The van der Waals surface area contributed by atoms with Gasteiger partial charge in [-0.3, -0.25) is 14.6 Å². The van der Waals surface area contributed by atoms with Crippen LogP contribution in [0.4, 0.5) is 0 Å². The van der Waals surface area contributed by atoms with Crippen molar-refractivity contribution in [2.75, 3.05) is 45.8 Å². The number of carbonyl (C=O) groups excluding carboxylic acids is 1. The molecule has 4 atom stereocenters. The Hall–Kier alpha value is -0.110. The molecule has 3 saturated heterocycles. The number of hydrogen-bond acceptors (Lipinski definition) is 5. The lowest BCUT2D eigenvalue weighted by Crippen LogP contribution is -2.53. The molecule has 0 aromatic carbocycles. The van der Waals surface area contributed by atoms with Gasteiger partial charge in [0.2, 0.25) is 0 Å². The molecule has 0 radical (unpaired) electrons. The summed E-state index contributed by atoms with van der Waals surface area (Å²) in [6, 6.07) is 1.44. The predicted octanol–water partition coefficient (Wildman–Crippen LogP) is 1.35. The van der Waals surface area contributed by atoms with Crippen LogP contribution in [-0.2, 0) is 9.53 Å². The minimum atomic E-state index is -0.253. The van der Waals surface area contributed by atoms with Crippen LogP contribution < -0.4 is 5.73 Å². The number of hydrogen-bond donors (Lipinski definition) is 1. The number of ether oxygens (including phenoxy) is 1. The molecule has 0 aromatic rings. The van der Waals surface area contributed by atoms with Gasteiger partial charge >= 0.3 is 0 Å². The fourth-order valence-electron chi connectivity index (χ4n) is 4.40. The summed E-state index contributed by atoms with van der Waals surface area (Å²) in [5.41, 5.74) is 5.64. The van der Waals surface area contributed by atoms with E-state index in [2.05, 4.69) is 23.6 Å². The Morgan fingerprint density at radius 3 is 2.12 bits per heavy atom. The fraction of sp³-hybridized carbons (Fsp3) is 0.944. The van der Waals surface area contributed by atoms with Crippen LogP contribution in [0.5, 0.6) is 0 Å². The Morgan fingerprint density at radius 1 is 0.962 bits per heavy atom. The number of likely N-dealkylation sites (tertiary alicyclic amines) is 1. The summed E-state index contributed by atoms with van der Waals surface area (Å²) in [4.78, 5) is 19.7. The second-order valence-corrected chi connectivity index (χ2v) is 7.74. The van der Waals surface area contributed by atoms with Crippen molar-refractivity contribution in [3.63, 3.8) is 0 Å². The van der Waals surface area contributed by atoms with Gasteiger partial charge in [-0.25, -0.2) is 0 Å². The molecule has 3 heterocycles. The number of rotatable bonds is 5. The number of carbonyl (C=O) groups is 1. The maximum atomic E-state index is 12.6. The average Bonchev–Trinajstić information content (AvgIpc) is 3.20. The largest absolute Gasteiger partial charge is 0.364 e. The maximum Gasteiger partial charge on any atom is 0.251 e. The second kappa shape index (κ2) is 11.0. The summed E-state index contributed by atoms with van der Waals surface area (Å²) in [6.07, 6.45) is 4.22. The molecule has 3 fully saturated rings. The Bertz CT molecular complexity index is 425. The van der Waals surface area contributed by atoms with E-state index in [1.807, 2.05) is 4.90 Å². The molecule has 0 bridgehead atoms. The van der Waals surface area contributed by atoms with E-state index in [0.717, 1.165) is 64.2 Å². The molecule has 1 amide bonds. The molecule has 2 unspecified atom stereocenters. The van der Waals surface area contributed by atoms with Crippen LogP contribution in [0, 0.1) is 0 Å². The maximum absolute atomic E-state index is 12.6. The average molecular weight is 411 g/mol. The van der Waals surface area contributed by atoms with Gasteiger partial charge in [0.05, 0.1) is 6.10 Å². The first-order valence-corrected chi connectivity index (χ1v) is 9.71. The van der Waals surface area contributed by atoms with E-state index >= 15 is 0 Å². The van der Waals surface area contributed by atoms with Gasteiger partial charge in [0.25, 0.3) is 5.91 Å². The first-order valence-electron chi connectivity index (χ1n) is 9.71. The van der Waals surface area contributed by atoms with E-state index in [1.165, 1.54) is 12.8 Å². The van der Waals surface area contributed by atoms with Gasteiger partial charge in [0, 0.05) is 57.9 Å². The van der Waals surface area contributed by atoms with Crippen molar-refractivity contribution < 1.29 is 9.53 Å². The first kappa shape index (κ1) is 23.9. The number of piperazine rings is 1. The minimum Gasteiger partial charge on any atom is -0.364 e. The van der Waals surface area contributed by atoms with Crippen LogP contribution in [-0.4, -0.2) is 90.7 Å². The van der Waals surface area contributed by atoms with E-state index in [1.54, 1.807) is 0 Å². The monoisotopic (exact) mass is 410 g/mol. The van der Waals surface area contributed by atoms with Gasteiger partial charge in [0.1, 0.15) is 6.10 Å². The Labute approximate surface area is 170 Å². The van der Waals surface area contributed by atoms with Crippen molar-refractivity contribution in [3.8, 4) is 0 Å². The van der Waals surface area contributed by atoms with Crippen LogP contribution in [0.2, 0.25) is 0 Å². The smallest absolute Gasteiger partial charge is 0.251 e. The Kier molecular flexibility index (Phi) is 10.1. The van der Waals surface area contributed by atoms with E-state index in [4.69, 9.17) is 10.5 Å². The summed E-state index contributed by atoms with van der Waals surface area (Å²) in [5.74, 6) is 0.174. The minimum absolute atomic E-state index is 0. The third-order valence-electron chi connectivity index (χ3n) is 6.14. The van der Waals surface area contributed by atoms with Crippen LogP contribution in [0.25, 0.3) is 0 Å². The molecule has 0 spiro atoms. The highest BCUT2D eigenvalue weighted by Gasteiger charge is 2.34. The normalized spacial score (nSPS) is 33.0. The van der Waals surface area contributed by atoms with Gasteiger partial charge in [0.15, 0.2) is 0 Å². The van der Waals surface area contributed by atoms with Gasteiger partial charge in [-0.1, -0.05) is 0 Å². The molecule has 8 heteroatoms. The van der Waals surface area contributed by atoms with Gasteiger partial charge in [-0.05, 0) is 39.5 Å². The third kappa shape index (κ3) is 5.69. The molecule has 3 aliphatic rings. The number of nitrogens with zero attached hydrogens (tertiary/aromatic N) is 3. The van der Waals surface area contributed by atoms with Gasteiger partial charge in [-0.2, -0.15) is 0 Å². The second-order valence-electron chi connectivity index (χ2n) is 7.74. The van der Waals surface area contributed by atoms with Crippen LogP contribution in [0.3, 0.4) is 0 Å². The molecule has 0 aromatic heterocycles. The molecule has 3 aliphatic heterocycles. The lowest BCUT2D eigenvalue weighted by Gasteiger charge is -2.37. The Morgan fingerprint density at radius 2 is 1.58 bits per heavy atom. The van der Waals surface area contributed by atoms with Crippen molar-refractivity contribution >= 4 is 30.7 Å². The van der Waals surface area contributed by atoms with E-state index in [-0.39, 0.29) is 42.9 Å². The molecule has 6 nitrogen and oxygen atoms in total. The summed E-state index contributed by atoms with van der Waals surface area (Å²) < 4.78 is 5.75. The summed E-state index contributed by atoms with van der Waals surface area (Å²) in [5, 5.41) is 0. The lowest BCUT2D eigenvalue weighted by molar-refractivity contribution is -0.144. The molecule has 3 rings (SSSR count). The molecule has 0 aliphatic carbocycles. The number of halogens is 2. The van der Waals surface area contributed by atoms with Gasteiger partial charge in [-0.15, -0.1) is 24.8 Å². The topological polar surface area (TPSA) is 62.0 Å². The molecule has 26 heavy (non-hydrogen) atoms. The van der Waals surface area contributed by atoms with Gasteiger partial charge < -0.3 is 15.4 Å². The van der Waals surface area contributed by atoms with Crippen LogP contribution in [0.15, 0.2) is 0 Å². The van der Waals surface area contributed by atoms with E-state index in [9.17, 15) is 4.79 Å². The quantitative estimate of drug-likeness (QED) is 0.740.